The third-order valence-electron chi connectivity index (χ3n) is 0. The zero-order valence-corrected chi connectivity index (χ0v) is 6.18. The average Bonchev–Trinajstić information content (AvgIpc) is 0.722. The van der Waals surface area contributed by atoms with Crippen molar-refractivity contribution in [3.05, 3.63) is 0 Å². The van der Waals surface area contributed by atoms with Crippen molar-refractivity contribution < 1.29 is 39.9 Å². The maximum absolute atomic E-state index is 8.63. The van der Waals surface area contributed by atoms with E-state index in [1.807, 2.05) is 0 Å². The summed E-state index contributed by atoms with van der Waals surface area (Å²) in [5, 5.41) is 0. The van der Waals surface area contributed by atoms with E-state index in [1.54, 1.807) is 0 Å². The van der Waals surface area contributed by atoms with Gasteiger partial charge in [0.2, 0.25) is 10.4 Å². The fourth-order valence-corrected chi connectivity index (χ4v) is 0. The van der Waals surface area contributed by atoms with E-state index in [0.717, 1.165) is 0 Å². The van der Waals surface area contributed by atoms with Gasteiger partial charge in [-0.3, -0.25) is 4.55 Å². The maximum atomic E-state index is 8.63. The molecule has 7 heteroatoms. The van der Waals surface area contributed by atoms with E-state index in [4.69, 9.17) is 17.5 Å². The molecule has 0 atom stereocenters. The van der Waals surface area contributed by atoms with Crippen LogP contribution in [0, 0.1) is 0 Å². The molecule has 1 N–H and O–H groups in total. The molecule has 4 nitrogen and oxygen atoms in total. The molecule has 0 unspecified atom stereocenters. The minimum atomic E-state index is -4.92. The second kappa shape index (κ2) is 5.10. The summed E-state index contributed by atoms with van der Waals surface area (Å²) in [6, 6.07) is 0. The molecule has 0 aromatic carbocycles. The van der Waals surface area contributed by atoms with Crippen molar-refractivity contribution in [3.8, 4) is 0 Å². The molecule has 0 amide bonds. The molecule has 0 heterocycles. The van der Waals surface area contributed by atoms with Crippen molar-refractivity contribution in [2.45, 2.75) is 0 Å². The molecule has 0 saturated heterocycles. The Morgan fingerprint density at radius 1 is 1.43 bits per heavy atom. The van der Waals surface area contributed by atoms with Crippen LogP contribution in [0.15, 0.2) is 0 Å². The summed E-state index contributed by atoms with van der Waals surface area (Å²) in [7, 11) is -4.92. The van der Waals surface area contributed by atoms with Crippen molar-refractivity contribution in [1.82, 2.24) is 0 Å². The molecule has 0 bridgehead atoms. The Bertz CT molecular complexity index is 92.9. The molecule has 0 aliphatic heterocycles. The van der Waals surface area contributed by atoms with Gasteiger partial charge in [0, 0.05) is 0 Å². The standard InChI is InChI=1S/Ag.H2O4S.H2S/c;1-5(2,3)4;/h;(H2,1,2,3,4);1H2/q+1;;/p-1. The van der Waals surface area contributed by atoms with Crippen molar-refractivity contribution in [2.24, 2.45) is 0 Å². The minimum Gasteiger partial charge on any atom is -0.726 e. The van der Waals surface area contributed by atoms with Crippen LogP contribution in [-0.2, 0) is 32.8 Å². The van der Waals surface area contributed by atoms with Crippen molar-refractivity contribution in [1.29, 1.82) is 0 Å². The van der Waals surface area contributed by atoms with Crippen molar-refractivity contribution in [3.63, 3.8) is 0 Å². The van der Waals surface area contributed by atoms with Crippen LogP contribution in [-0.4, -0.2) is 17.5 Å². The molecule has 0 spiro atoms. The third-order valence-corrected chi connectivity index (χ3v) is 0. The van der Waals surface area contributed by atoms with E-state index in [2.05, 4.69) is 0 Å². The van der Waals surface area contributed by atoms with E-state index in [0.29, 0.717) is 0 Å². The predicted octanol–water partition coefficient (Wildman–Crippen LogP) is -0.885. The smallest absolute Gasteiger partial charge is 0.726 e. The number of rotatable bonds is 0. The zero-order valence-electron chi connectivity index (χ0n) is 2.88. The first kappa shape index (κ1) is 15.7. The molecular weight excluding hydrogens is 236 g/mol. The molecule has 7 heavy (non-hydrogen) atoms. The SMILES string of the molecule is O=S(=O)([O-])O.S.[Ag+]. The summed E-state index contributed by atoms with van der Waals surface area (Å²) >= 11 is 0. The molecule has 0 fully saturated rings. The van der Waals surface area contributed by atoms with E-state index in [9.17, 15) is 0 Å². The summed E-state index contributed by atoms with van der Waals surface area (Å²) in [5.41, 5.74) is 0. The van der Waals surface area contributed by atoms with Gasteiger partial charge in [0.15, 0.2) is 0 Å². The van der Waals surface area contributed by atoms with Gasteiger partial charge < -0.3 is 4.55 Å². The molecular formula is H3AgO4S2. The van der Waals surface area contributed by atoms with Crippen LogP contribution in [0.4, 0.5) is 0 Å². The van der Waals surface area contributed by atoms with Gasteiger partial charge in [-0.05, 0) is 0 Å². The fraction of sp³-hybridized carbons (Fsp3) is 0. The summed E-state index contributed by atoms with van der Waals surface area (Å²) < 4.78 is 32.8. The Labute approximate surface area is 63.8 Å². The van der Waals surface area contributed by atoms with Crippen LogP contribution in [0.25, 0.3) is 0 Å². The minimum absolute atomic E-state index is 0. The van der Waals surface area contributed by atoms with Gasteiger partial charge >= 0.3 is 22.4 Å². The summed E-state index contributed by atoms with van der Waals surface area (Å²) in [4.78, 5) is 0. The van der Waals surface area contributed by atoms with E-state index in [1.165, 1.54) is 0 Å². The van der Waals surface area contributed by atoms with Crippen molar-refractivity contribution in [2.75, 3.05) is 0 Å². The number of hydrogen-bond acceptors (Lipinski definition) is 3. The molecule has 0 saturated carbocycles. The fourth-order valence-electron chi connectivity index (χ4n) is 0. The first-order valence-corrected chi connectivity index (χ1v) is 2.05. The maximum Gasteiger partial charge on any atom is 1.00 e. The second-order valence-corrected chi connectivity index (χ2v) is 1.28. The summed E-state index contributed by atoms with van der Waals surface area (Å²) in [6.07, 6.45) is 0. The molecule has 50 valence electrons. The third kappa shape index (κ3) is 186. The van der Waals surface area contributed by atoms with Crippen LogP contribution in [0.3, 0.4) is 0 Å². The normalized spacial score (nSPS) is 8.29. The van der Waals surface area contributed by atoms with Crippen LogP contribution in [0.2, 0.25) is 0 Å². The van der Waals surface area contributed by atoms with Gasteiger partial charge in [0.1, 0.15) is 0 Å². The first-order valence-electron chi connectivity index (χ1n) is 0.683. The van der Waals surface area contributed by atoms with E-state index >= 15 is 0 Å². The van der Waals surface area contributed by atoms with Crippen LogP contribution in [0.1, 0.15) is 0 Å². The monoisotopic (exact) mass is 238 g/mol. The molecule has 0 aromatic heterocycles. The van der Waals surface area contributed by atoms with Gasteiger partial charge in [0.05, 0.1) is 0 Å². The second-order valence-electron chi connectivity index (χ2n) is 0.428. The van der Waals surface area contributed by atoms with Gasteiger partial charge in [0.25, 0.3) is 0 Å². The Balaban J connectivity index is -0.0000000800. The molecule has 0 aliphatic carbocycles. The van der Waals surface area contributed by atoms with Gasteiger partial charge in [-0.15, -0.1) is 0 Å². The molecule has 0 aliphatic rings. The first-order chi connectivity index (χ1) is 2.00. The van der Waals surface area contributed by atoms with E-state index in [-0.39, 0.29) is 35.9 Å². The van der Waals surface area contributed by atoms with Crippen LogP contribution >= 0.6 is 13.5 Å². The van der Waals surface area contributed by atoms with Gasteiger partial charge in [-0.2, -0.15) is 13.5 Å². The Hall–Kier alpha value is 0.960. The van der Waals surface area contributed by atoms with Gasteiger partial charge in [-0.25, -0.2) is 8.42 Å². The quantitative estimate of drug-likeness (QED) is 0.338. The Morgan fingerprint density at radius 2 is 1.43 bits per heavy atom. The molecule has 0 aromatic rings. The van der Waals surface area contributed by atoms with Gasteiger partial charge in [-0.1, -0.05) is 0 Å². The number of hydrogen-bond donors (Lipinski definition) is 1. The predicted molar refractivity (Wildman–Crippen MR) is 22.7 cm³/mol. The average molecular weight is 239 g/mol. The van der Waals surface area contributed by atoms with Crippen molar-refractivity contribution >= 4 is 23.9 Å². The topological polar surface area (TPSA) is 77.4 Å². The summed E-state index contributed by atoms with van der Waals surface area (Å²) in [5.74, 6) is 0. The molecule has 0 rings (SSSR count). The zero-order chi connectivity index (χ0) is 4.50. The molecule has 0 radical (unpaired) electrons. The van der Waals surface area contributed by atoms with Crippen LogP contribution < -0.4 is 0 Å². The Kier molecular flexibility index (Phi) is 11.4. The van der Waals surface area contributed by atoms with Crippen LogP contribution in [0.5, 0.6) is 0 Å². The largest absolute Gasteiger partial charge is 1.00 e. The van der Waals surface area contributed by atoms with E-state index < -0.39 is 10.4 Å². The summed E-state index contributed by atoms with van der Waals surface area (Å²) in [6.45, 7) is 0. The Morgan fingerprint density at radius 3 is 1.43 bits per heavy atom.